The molecule has 0 fully saturated rings. The Morgan fingerprint density at radius 2 is 1.76 bits per heavy atom. The van der Waals surface area contributed by atoms with E-state index in [1.807, 2.05) is 0 Å². The van der Waals surface area contributed by atoms with Gasteiger partial charge in [0.1, 0.15) is 24.4 Å². The van der Waals surface area contributed by atoms with Gasteiger partial charge < -0.3 is 36.6 Å². The van der Waals surface area contributed by atoms with Gasteiger partial charge in [0, 0.05) is 6.42 Å². The molecule has 0 aromatic heterocycles. The molecule has 0 unspecified atom stereocenters. The molecule has 0 radical (unpaired) electrons. The third kappa shape index (κ3) is 6.60. The Morgan fingerprint density at radius 3 is 2.19 bits per heavy atom. The molecule has 0 aliphatic rings. The zero-order chi connectivity index (χ0) is 16.6. The van der Waals surface area contributed by atoms with E-state index in [-0.39, 0.29) is 19.1 Å². The fourth-order valence-electron chi connectivity index (χ4n) is 1.35. The smallest absolute Gasteiger partial charge is 0.323 e. The van der Waals surface area contributed by atoms with Crippen molar-refractivity contribution in [1.29, 1.82) is 0 Å². The maximum Gasteiger partial charge on any atom is 0.323 e. The van der Waals surface area contributed by atoms with E-state index in [9.17, 15) is 24.6 Å². The molecule has 10 nitrogen and oxygen atoms in total. The molecule has 5 atom stereocenters. The summed E-state index contributed by atoms with van der Waals surface area (Å²) in [6.07, 6.45) is -7.60. The van der Waals surface area contributed by atoms with E-state index >= 15 is 0 Å². The zero-order valence-corrected chi connectivity index (χ0v) is 11.2. The molecule has 1 amide bonds. The second kappa shape index (κ2) is 9.37. The average molecular weight is 308 g/mol. The van der Waals surface area contributed by atoms with Crippen molar-refractivity contribution in [3.05, 3.63) is 0 Å². The summed E-state index contributed by atoms with van der Waals surface area (Å²) in [5, 5.41) is 36.8. The molecule has 0 saturated carbocycles. The molecule has 0 bridgehead atoms. The van der Waals surface area contributed by atoms with Crippen LogP contribution >= 0.6 is 0 Å². The van der Waals surface area contributed by atoms with Gasteiger partial charge in [0.05, 0.1) is 6.61 Å². The fraction of sp³-hybridized carbons (Fsp3) is 0.727. The van der Waals surface area contributed by atoms with E-state index < -0.39 is 48.9 Å². The molecule has 0 aromatic rings. The summed E-state index contributed by atoms with van der Waals surface area (Å²) in [6.45, 7) is -0.865. The first-order chi connectivity index (χ1) is 9.74. The van der Waals surface area contributed by atoms with E-state index in [1.165, 1.54) is 0 Å². The lowest BCUT2D eigenvalue weighted by molar-refractivity contribution is -0.169. The average Bonchev–Trinajstić information content (AvgIpc) is 2.47. The minimum absolute atomic E-state index is 0.0384. The second-order valence-corrected chi connectivity index (χ2v) is 4.38. The molecule has 0 spiro atoms. The van der Waals surface area contributed by atoms with Gasteiger partial charge >= 0.3 is 5.97 Å². The highest BCUT2D eigenvalue weighted by Crippen LogP contribution is 2.09. The molecule has 122 valence electrons. The van der Waals surface area contributed by atoms with Crippen LogP contribution in [-0.4, -0.2) is 75.7 Å². The Hall–Kier alpha value is -1.59. The first-order valence-electron chi connectivity index (χ1n) is 6.09. The highest BCUT2D eigenvalue weighted by Gasteiger charge is 2.34. The molecule has 10 heteroatoms. The van der Waals surface area contributed by atoms with E-state index in [0.29, 0.717) is 0 Å². The Labute approximate surface area is 120 Å². The summed E-state index contributed by atoms with van der Waals surface area (Å²) in [5.74, 6) is -1.76. The number of ether oxygens (including phenoxy) is 1. The van der Waals surface area contributed by atoms with Crippen molar-refractivity contribution >= 4 is 18.2 Å². The van der Waals surface area contributed by atoms with Crippen LogP contribution in [0.2, 0.25) is 0 Å². The van der Waals surface area contributed by atoms with E-state index in [0.717, 1.165) is 0 Å². The minimum atomic E-state index is -1.95. The van der Waals surface area contributed by atoms with Gasteiger partial charge in [0.2, 0.25) is 5.91 Å². The molecular weight excluding hydrogens is 288 g/mol. The number of aliphatic hydroxyl groups excluding tert-OH is 4. The van der Waals surface area contributed by atoms with E-state index in [1.54, 1.807) is 0 Å². The zero-order valence-electron chi connectivity index (χ0n) is 11.2. The van der Waals surface area contributed by atoms with Gasteiger partial charge in [0.15, 0.2) is 12.4 Å². The van der Waals surface area contributed by atoms with Crippen LogP contribution in [0.5, 0.6) is 0 Å². The van der Waals surface area contributed by atoms with Crippen molar-refractivity contribution in [1.82, 2.24) is 0 Å². The number of esters is 1. The number of hydrogen-bond acceptors (Lipinski definition) is 9. The van der Waals surface area contributed by atoms with Crippen LogP contribution in [0.25, 0.3) is 0 Å². The minimum Gasteiger partial charge on any atom is -0.451 e. The quantitative estimate of drug-likeness (QED) is 0.171. The number of nitrogens with two attached hydrogens (primary N) is 2. The lowest BCUT2D eigenvalue weighted by Gasteiger charge is -2.26. The summed E-state index contributed by atoms with van der Waals surface area (Å²) in [6, 6.07) is -1.24. The number of aliphatic hydroxyl groups is 4. The molecule has 0 aromatic carbocycles. The van der Waals surface area contributed by atoms with Gasteiger partial charge in [-0.1, -0.05) is 0 Å². The molecule has 21 heavy (non-hydrogen) atoms. The second-order valence-electron chi connectivity index (χ2n) is 4.38. The van der Waals surface area contributed by atoms with Crippen LogP contribution in [0.1, 0.15) is 12.8 Å². The number of hydrogen-bond donors (Lipinski definition) is 6. The number of carbonyl (C=O) groups excluding carboxylic acids is 3. The van der Waals surface area contributed by atoms with Crippen LogP contribution in [0.15, 0.2) is 0 Å². The lowest BCUT2D eigenvalue weighted by Crippen LogP contribution is -2.49. The topological polar surface area (TPSA) is 193 Å². The summed E-state index contributed by atoms with van der Waals surface area (Å²) in [5.41, 5.74) is 10.3. The lowest BCUT2D eigenvalue weighted by atomic mass is 10.0. The van der Waals surface area contributed by atoms with Gasteiger partial charge in [-0.05, 0) is 6.42 Å². The SMILES string of the molecule is NC(=O)CC[C@H](N)C(=O)O[C@@H](C=O)[C@@H](O)[C@@H](O)[C@H](O)CO. The number of carbonyl (C=O) groups is 3. The van der Waals surface area contributed by atoms with Crippen LogP contribution in [0.4, 0.5) is 0 Å². The molecular formula is C11H20N2O8. The van der Waals surface area contributed by atoms with Gasteiger partial charge in [-0.15, -0.1) is 0 Å². The van der Waals surface area contributed by atoms with Gasteiger partial charge in [-0.2, -0.15) is 0 Å². The van der Waals surface area contributed by atoms with Crippen molar-refractivity contribution in [3.63, 3.8) is 0 Å². The molecule has 0 heterocycles. The van der Waals surface area contributed by atoms with Gasteiger partial charge in [0.25, 0.3) is 0 Å². The Kier molecular flexibility index (Phi) is 8.66. The van der Waals surface area contributed by atoms with Crippen molar-refractivity contribution < 1.29 is 39.5 Å². The number of aldehydes is 1. The van der Waals surface area contributed by atoms with Gasteiger partial charge in [-0.3, -0.25) is 14.4 Å². The van der Waals surface area contributed by atoms with Crippen molar-refractivity contribution in [3.8, 4) is 0 Å². The standard InChI is InChI=1S/C11H20N2O8/c12-5(1-2-8(13)17)11(20)21-7(4-15)10(19)9(18)6(16)3-14/h4-7,9-10,14,16,18-19H,1-3,12H2,(H2,13,17)/t5-,6+,7-,9-,10+/m0/s1. The Morgan fingerprint density at radius 1 is 1.19 bits per heavy atom. The van der Waals surface area contributed by atoms with Crippen molar-refractivity contribution in [2.75, 3.05) is 6.61 Å². The van der Waals surface area contributed by atoms with Crippen LogP contribution in [0.3, 0.4) is 0 Å². The van der Waals surface area contributed by atoms with Crippen LogP contribution in [0, 0.1) is 0 Å². The highest BCUT2D eigenvalue weighted by atomic mass is 16.6. The van der Waals surface area contributed by atoms with Crippen LogP contribution < -0.4 is 11.5 Å². The summed E-state index contributed by atoms with van der Waals surface area (Å²) in [7, 11) is 0. The van der Waals surface area contributed by atoms with Crippen molar-refractivity contribution in [2.45, 2.75) is 43.3 Å². The summed E-state index contributed by atoms with van der Waals surface area (Å²) >= 11 is 0. The number of primary amides is 1. The molecule has 0 aliphatic carbocycles. The number of amides is 1. The van der Waals surface area contributed by atoms with E-state index in [4.69, 9.17) is 21.7 Å². The summed E-state index contributed by atoms with van der Waals surface area (Å²) < 4.78 is 4.58. The molecule has 0 aliphatic heterocycles. The number of rotatable bonds is 10. The third-order valence-electron chi connectivity index (χ3n) is 2.66. The first-order valence-corrected chi connectivity index (χ1v) is 6.09. The molecule has 0 saturated heterocycles. The van der Waals surface area contributed by atoms with Gasteiger partial charge in [-0.25, -0.2) is 0 Å². The summed E-state index contributed by atoms with van der Waals surface area (Å²) in [4.78, 5) is 32.9. The maximum atomic E-state index is 11.5. The normalized spacial score (nSPS) is 18.1. The third-order valence-corrected chi connectivity index (χ3v) is 2.66. The van der Waals surface area contributed by atoms with Crippen LogP contribution in [-0.2, 0) is 19.1 Å². The largest absolute Gasteiger partial charge is 0.451 e. The first kappa shape index (κ1) is 19.4. The fourth-order valence-corrected chi connectivity index (χ4v) is 1.35. The Balaban J connectivity index is 4.57. The predicted octanol–water partition coefficient (Wildman–Crippen LogP) is -4.24. The highest BCUT2D eigenvalue weighted by molar-refractivity contribution is 5.79. The monoisotopic (exact) mass is 308 g/mol. The Bertz CT molecular complexity index is 364. The predicted molar refractivity (Wildman–Crippen MR) is 67.5 cm³/mol. The van der Waals surface area contributed by atoms with E-state index in [2.05, 4.69) is 4.74 Å². The van der Waals surface area contributed by atoms with Crippen molar-refractivity contribution in [2.24, 2.45) is 11.5 Å². The maximum absolute atomic E-state index is 11.5. The molecule has 8 N–H and O–H groups in total. The molecule has 0 rings (SSSR count).